The molecule has 0 amide bonds. The van der Waals surface area contributed by atoms with Crippen LogP contribution in [0.25, 0.3) is 0 Å². The molecule has 1 N–H and O–H groups in total. The summed E-state index contributed by atoms with van der Waals surface area (Å²) in [4.78, 5) is 6.92. The van der Waals surface area contributed by atoms with E-state index in [1.54, 1.807) is 0 Å². The minimum absolute atomic E-state index is 0.0814. The van der Waals surface area contributed by atoms with Gasteiger partial charge in [0.1, 0.15) is 0 Å². The van der Waals surface area contributed by atoms with E-state index in [0.717, 1.165) is 17.4 Å². The summed E-state index contributed by atoms with van der Waals surface area (Å²) in [5, 5.41) is 4.34. The zero-order chi connectivity index (χ0) is 17.4. The molecule has 4 nitrogen and oxygen atoms in total. The van der Waals surface area contributed by atoms with Gasteiger partial charge in [-0.3, -0.25) is 4.98 Å². The molecule has 1 aliphatic heterocycles. The molecule has 0 saturated carbocycles. The van der Waals surface area contributed by atoms with Crippen LogP contribution >= 0.6 is 12.2 Å². The molecule has 3 heterocycles. The highest BCUT2D eigenvalue weighted by molar-refractivity contribution is 7.80. The van der Waals surface area contributed by atoms with Crippen molar-refractivity contribution in [3.05, 3.63) is 53.1 Å². The van der Waals surface area contributed by atoms with Gasteiger partial charge in [-0.15, -0.1) is 0 Å². The molecule has 0 radical (unpaired) electrons. The van der Waals surface area contributed by atoms with E-state index in [1.165, 1.54) is 17.0 Å². The summed E-state index contributed by atoms with van der Waals surface area (Å²) in [5.41, 5.74) is 4.93. The van der Waals surface area contributed by atoms with Gasteiger partial charge in [-0.1, -0.05) is 19.9 Å². The first-order valence-corrected chi connectivity index (χ1v) is 8.91. The molecule has 1 aliphatic rings. The average Bonchev–Trinajstić information content (AvgIpc) is 3.00. The highest BCUT2D eigenvalue weighted by Gasteiger charge is 2.41. The molecule has 2 atom stereocenters. The lowest BCUT2D eigenvalue weighted by molar-refractivity contribution is 0.287. The number of rotatable bonds is 4. The third-order valence-electron chi connectivity index (χ3n) is 4.89. The van der Waals surface area contributed by atoms with Gasteiger partial charge in [0.25, 0.3) is 0 Å². The lowest BCUT2D eigenvalue weighted by Crippen LogP contribution is -2.33. The first kappa shape index (κ1) is 17.0. The first-order valence-electron chi connectivity index (χ1n) is 8.51. The predicted octanol–water partition coefficient (Wildman–Crippen LogP) is 3.67. The van der Waals surface area contributed by atoms with E-state index in [-0.39, 0.29) is 12.1 Å². The molecule has 2 aromatic rings. The smallest absolute Gasteiger partial charge is 0.170 e. The molecule has 1 fully saturated rings. The van der Waals surface area contributed by atoms with Gasteiger partial charge >= 0.3 is 0 Å². The zero-order valence-corrected chi connectivity index (χ0v) is 15.9. The lowest BCUT2D eigenvalue weighted by Gasteiger charge is -2.29. The van der Waals surface area contributed by atoms with E-state index in [0.29, 0.717) is 5.92 Å². The number of aryl methyl sites for hydroxylation is 1. The van der Waals surface area contributed by atoms with Gasteiger partial charge < -0.3 is 14.8 Å². The Kier molecular flexibility index (Phi) is 4.63. The molecule has 0 aromatic carbocycles. The van der Waals surface area contributed by atoms with Crippen LogP contribution in [0.2, 0.25) is 0 Å². The normalized spacial score (nSPS) is 20.8. The van der Waals surface area contributed by atoms with Crippen LogP contribution in [0.15, 0.2) is 30.5 Å². The minimum Gasteiger partial charge on any atom is -0.352 e. The Labute approximate surface area is 149 Å². The predicted molar refractivity (Wildman–Crippen MR) is 102 cm³/mol. The van der Waals surface area contributed by atoms with Crippen LogP contribution in [-0.2, 0) is 7.05 Å². The zero-order valence-electron chi connectivity index (χ0n) is 15.1. The Morgan fingerprint density at radius 3 is 2.58 bits per heavy atom. The Balaban J connectivity index is 2.09. The minimum atomic E-state index is 0.0814. The van der Waals surface area contributed by atoms with Crippen molar-refractivity contribution in [1.82, 2.24) is 19.8 Å². The van der Waals surface area contributed by atoms with E-state index in [9.17, 15) is 0 Å². The summed E-state index contributed by atoms with van der Waals surface area (Å²) in [6, 6.07) is 8.62. The van der Waals surface area contributed by atoms with Crippen molar-refractivity contribution in [1.29, 1.82) is 0 Å². The topological polar surface area (TPSA) is 33.1 Å². The second kappa shape index (κ2) is 6.55. The van der Waals surface area contributed by atoms with Crippen molar-refractivity contribution in [2.24, 2.45) is 13.0 Å². The third kappa shape index (κ3) is 2.93. The fourth-order valence-electron chi connectivity index (χ4n) is 3.52. The van der Waals surface area contributed by atoms with E-state index >= 15 is 0 Å². The molecule has 1 saturated heterocycles. The number of hydrogen-bond acceptors (Lipinski definition) is 2. The van der Waals surface area contributed by atoms with E-state index in [2.05, 4.69) is 66.6 Å². The molecule has 3 rings (SSSR count). The maximum absolute atomic E-state index is 5.68. The molecule has 128 valence electrons. The number of pyridine rings is 1. The molecule has 0 bridgehead atoms. The van der Waals surface area contributed by atoms with E-state index in [1.807, 2.05) is 18.3 Å². The summed E-state index contributed by atoms with van der Waals surface area (Å²) in [6.45, 7) is 9.74. The molecule has 24 heavy (non-hydrogen) atoms. The van der Waals surface area contributed by atoms with E-state index in [4.69, 9.17) is 12.2 Å². The monoisotopic (exact) mass is 342 g/mol. The van der Waals surface area contributed by atoms with Crippen molar-refractivity contribution in [2.45, 2.75) is 39.8 Å². The van der Waals surface area contributed by atoms with Crippen LogP contribution < -0.4 is 5.32 Å². The van der Waals surface area contributed by atoms with Gasteiger partial charge in [0.2, 0.25) is 0 Å². The Hall–Kier alpha value is -1.88. The van der Waals surface area contributed by atoms with Gasteiger partial charge in [-0.25, -0.2) is 0 Å². The van der Waals surface area contributed by atoms with Crippen LogP contribution in [0, 0.1) is 19.8 Å². The largest absolute Gasteiger partial charge is 0.352 e. The number of thiocarbonyl (C=S) groups is 1. The Morgan fingerprint density at radius 2 is 2.04 bits per heavy atom. The Morgan fingerprint density at radius 1 is 1.29 bits per heavy atom. The standard InChI is InChI=1S/C19H26N4S/c1-12(2)11-23-18(15-10-13(3)22(5)14(15)4)17(21-19(23)24)16-8-6-7-9-20-16/h6-10,12,17-18H,11H2,1-5H3,(H,21,24)/t17-,18-/m0/s1. The van der Waals surface area contributed by atoms with Gasteiger partial charge in [-0.2, -0.15) is 0 Å². The van der Waals surface area contributed by atoms with E-state index < -0.39 is 0 Å². The quantitative estimate of drug-likeness (QED) is 0.860. The molecular formula is C19H26N4S. The lowest BCUT2D eigenvalue weighted by atomic mass is 9.96. The summed E-state index contributed by atoms with van der Waals surface area (Å²) < 4.78 is 2.25. The molecule has 0 spiro atoms. The Bertz CT molecular complexity index is 735. The summed E-state index contributed by atoms with van der Waals surface area (Å²) in [7, 11) is 2.12. The highest BCUT2D eigenvalue weighted by Crippen LogP contribution is 2.40. The van der Waals surface area contributed by atoms with Crippen molar-refractivity contribution in [3.8, 4) is 0 Å². The summed E-state index contributed by atoms with van der Waals surface area (Å²) in [6.07, 6.45) is 1.85. The number of aromatic nitrogens is 2. The van der Waals surface area contributed by atoms with Gasteiger partial charge in [0, 0.05) is 31.2 Å². The summed E-state index contributed by atoms with van der Waals surface area (Å²) >= 11 is 5.68. The van der Waals surface area contributed by atoms with Crippen LogP contribution in [0.1, 0.15) is 48.6 Å². The second-order valence-corrected chi connectivity index (χ2v) is 7.44. The SMILES string of the molecule is Cc1cc([C@H]2[C@H](c3ccccn3)NC(=S)N2CC(C)C)c(C)n1C. The van der Waals surface area contributed by atoms with Crippen molar-refractivity contribution < 1.29 is 0 Å². The fourth-order valence-corrected chi connectivity index (χ4v) is 3.83. The van der Waals surface area contributed by atoms with Gasteiger partial charge in [0.15, 0.2) is 5.11 Å². The van der Waals surface area contributed by atoms with Crippen molar-refractivity contribution in [2.75, 3.05) is 6.54 Å². The number of hydrogen-bond donors (Lipinski definition) is 1. The second-order valence-electron chi connectivity index (χ2n) is 7.06. The van der Waals surface area contributed by atoms with Crippen molar-refractivity contribution >= 4 is 17.3 Å². The highest BCUT2D eigenvalue weighted by atomic mass is 32.1. The fraction of sp³-hybridized carbons (Fsp3) is 0.474. The maximum atomic E-state index is 5.68. The molecule has 0 aliphatic carbocycles. The molecule has 5 heteroatoms. The average molecular weight is 343 g/mol. The van der Waals surface area contributed by atoms with Crippen LogP contribution in [0.5, 0.6) is 0 Å². The summed E-state index contributed by atoms with van der Waals surface area (Å²) in [5.74, 6) is 0.542. The first-order chi connectivity index (χ1) is 11.4. The van der Waals surface area contributed by atoms with Gasteiger partial charge in [0.05, 0.1) is 17.8 Å². The van der Waals surface area contributed by atoms with Crippen molar-refractivity contribution in [3.63, 3.8) is 0 Å². The maximum Gasteiger partial charge on any atom is 0.170 e. The molecule has 2 aromatic heterocycles. The third-order valence-corrected chi connectivity index (χ3v) is 5.24. The van der Waals surface area contributed by atoms with Gasteiger partial charge in [-0.05, 0) is 55.7 Å². The van der Waals surface area contributed by atoms with Crippen LogP contribution in [-0.4, -0.2) is 26.1 Å². The number of nitrogens with zero attached hydrogens (tertiary/aromatic N) is 3. The van der Waals surface area contributed by atoms with Crippen LogP contribution in [0.4, 0.5) is 0 Å². The molecular weight excluding hydrogens is 316 g/mol. The molecule has 0 unspecified atom stereocenters. The number of nitrogens with one attached hydrogen (secondary N) is 1. The van der Waals surface area contributed by atoms with Crippen LogP contribution in [0.3, 0.4) is 0 Å².